The Morgan fingerprint density at radius 3 is 2.09 bits per heavy atom. The number of para-hydroxylation sites is 1. The van der Waals surface area contributed by atoms with Crippen molar-refractivity contribution in [3.8, 4) is 28.2 Å². The van der Waals surface area contributed by atoms with Crippen LogP contribution >= 0.6 is 15.9 Å². The van der Waals surface area contributed by atoms with E-state index in [1.807, 2.05) is 55.4 Å². The van der Waals surface area contributed by atoms with E-state index in [9.17, 15) is 4.79 Å². The van der Waals surface area contributed by atoms with Crippen LogP contribution in [-0.2, 0) is 11.3 Å². The van der Waals surface area contributed by atoms with Crippen LogP contribution in [0.5, 0.6) is 0 Å². The molecule has 5 nitrogen and oxygen atoms in total. The molecule has 0 radical (unpaired) electrons. The summed E-state index contributed by atoms with van der Waals surface area (Å²) in [7, 11) is 5.69. The van der Waals surface area contributed by atoms with Gasteiger partial charge >= 0.3 is 0 Å². The van der Waals surface area contributed by atoms with Crippen molar-refractivity contribution in [2.75, 3.05) is 34.3 Å². The summed E-state index contributed by atoms with van der Waals surface area (Å²) in [4.78, 5) is 14.6. The van der Waals surface area contributed by atoms with E-state index in [4.69, 9.17) is 4.74 Å². The first-order valence-corrected chi connectivity index (χ1v) is 12.4. The zero-order valence-electron chi connectivity index (χ0n) is 20.3. The standard InChI is InChI=1S/C29H30BrN3O2/c1-32(2)19-18-31-29(34)23-10-8-21(9-11-23)27-16-17-28(22-12-14-25(30)15-13-22)33(27)26-7-5-4-6-24(26)20-35-3/h4-17H,18-20H2,1-3H3,(H,31,34). The van der Waals surface area contributed by atoms with E-state index >= 15 is 0 Å². The smallest absolute Gasteiger partial charge is 0.251 e. The largest absolute Gasteiger partial charge is 0.380 e. The Bertz CT molecular complexity index is 1280. The summed E-state index contributed by atoms with van der Waals surface area (Å²) in [6, 6.07) is 28.7. The molecule has 6 heteroatoms. The average Bonchev–Trinajstić information content (AvgIpc) is 3.30. The third-order valence-corrected chi connectivity index (χ3v) is 6.37. The van der Waals surface area contributed by atoms with Crippen molar-refractivity contribution in [2.45, 2.75) is 6.61 Å². The molecule has 4 aromatic rings. The highest BCUT2D eigenvalue weighted by Gasteiger charge is 2.17. The Hall–Kier alpha value is -3.19. The van der Waals surface area contributed by atoms with Crippen LogP contribution in [0.15, 0.2) is 89.4 Å². The normalized spacial score (nSPS) is 11.1. The summed E-state index contributed by atoms with van der Waals surface area (Å²) in [6.45, 7) is 1.93. The molecule has 3 aromatic carbocycles. The number of carbonyl (C=O) groups is 1. The predicted octanol–water partition coefficient (Wildman–Crippen LogP) is 6.01. The number of aromatic nitrogens is 1. The second kappa shape index (κ2) is 11.5. The minimum Gasteiger partial charge on any atom is -0.380 e. The van der Waals surface area contributed by atoms with E-state index in [1.54, 1.807) is 7.11 Å². The Labute approximate surface area is 215 Å². The summed E-state index contributed by atoms with van der Waals surface area (Å²) >= 11 is 3.54. The number of halogens is 1. The number of hydrogen-bond acceptors (Lipinski definition) is 3. The number of hydrogen-bond donors (Lipinski definition) is 1. The zero-order chi connectivity index (χ0) is 24.8. The van der Waals surface area contributed by atoms with Crippen molar-refractivity contribution in [3.05, 3.63) is 101 Å². The Kier molecular flexibility index (Phi) is 8.18. The number of methoxy groups -OCH3 is 1. The first kappa shape index (κ1) is 24.9. The van der Waals surface area contributed by atoms with Gasteiger partial charge in [-0.2, -0.15) is 0 Å². The second-order valence-corrected chi connectivity index (χ2v) is 9.56. The molecule has 0 fully saturated rings. The van der Waals surface area contributed by atoms with Gasteiger partial charge in [0.2, 0.25) is 0 Å². The molecule has 0 unspecified atom stereocenters. The predicted molar refractivity (Wildman–Crippen MR) is 146 cm³/mol. The molecule has 0 saturated heterocycles. The van der Waals surface area contributed by atoms with E-state index in [-0.39, 0.29) is 5.91 Å². The molecule has 0 saturated carbocycles. The maximum atomic E-state index is 12.5. The molecule has 0 aliphatic rings. The van der Waals surface area contributed by atoms with Crippen molar-refractivity contribution in [1.29, 1.82) is 0 Å². The Balaban J connectivity index is 1.74. The number of nitrogens with one attached hydrogen (secondary N) is 1. The van der Waals surface area contributed by atoms with E-state index in [0.717, 1.165) is 44.8 Å². The highest BCUT2D eigenvalue weighted by molar-refractivity contribution is 9.10. The minimum absolute atomic E-state index is 0.0604. The van der Waals surface area contributed by atoms with Gasteiger partial charge < -0.3 is 19.5 Å². The van der Waals surface area contributed by atoms with Gasteiger partial charge in [0.05, 0.1) is 23.7 Å². The van der Waals surface area contributed by atoms with Crippen LogP contribution in [0.4, 0.5) is 0 Å². The lowest BCUT2D eigenvalue weighted by molar-refractivity contribution is 0.0951. The number of ether oxygens (including phenoxy) is 1. The molecule has 180 valence electrons. The summed E-state index contributed by atoms with van der Waals surface area (Å²) < 4.78 is 8.80. The second-order valence-electron chi connectivity index (χ2n) is 8.64. The number of amides is 1. The van der Waals surface area contributed by atoms with E-state index in [2.05, 4.69) is 74.3 Å². The van der Waals surface area contributed by atoms with E-state index in [1.165, 1.54) is 0 Å². The molecule has 35 heavy (non-hydrogen) atoms. The van der Waals surface area contributed by atoms with Gasteiger partial charge in [0.15, 0.2) is 0 Å². The first-order chi connectivity index (χ1) is 17.0. The summed E-state index contributed by atoms with van der Waals surface area (Å²) in [5.41, 5.74) is 7.10. The van der Waals surface area contributed by atoms with Gasteiger partial charge in [-0.25, -0.2) is 0 Å². The van der Waals surface area contributed by atoms with Crippen molar-refractivity contribution in [2.24, 2.45) is 0 Å². The van der Waals surface area contributed by atoms with Crippen LogP contribution in [0.1, 0.15) is 15.9 Å². The van der Waals surface area contributed by atoms with Gasteiger partial charge in [0.25, 0.3) is 5.91 Å². The van der Waals surface area contributed by atoms with Gasteiger partial charge in [0.1, 0.15) is 0 Å². The van der Waals surface area contributed by atoms with E-state index < -0.39 is 0 Å². The third kappa shape index (κ3) is 5.90. The zero-order valence-corrected chi connectivity index (χ0v) is 21.9. The van der Waals surface area contributed by atoms with Crippen molar-refractivity contribution < 1.29 is 9.53 Å². The van der Waals surface area contributed by atoms with E-state index in [0.29, 0.717) is 18.7 Å². The van der Waals surface area contributed by atoms with Crippen LogP contribution in [-0.4, -0.2) is 49.7 Å². The van der Waals surface area contributed by atoms with Crippen molar-refractivity contribution in [1.82, 2.24) is 14.8 Å². The van der Waals surface area contributed by atoms with Crippen LogP contribution in [0, 0.1) is 0 Å². The van der Waals surface area contributed by atoms with Gasteiger partial charge in [-0.1, -0.05) is 58.4 Å². The number of benzene rings is 3. The number of nitrogens with zero attached hydrogens (tertiary/aromatic N) is 2. The molecule has 0 spiro atoms. The average molecular weight is 532 g/mol. The molecule has 0 bridgehead atoms. The lowest BCUT2D eigenvalue weighted by atomic mass is 10.1. The molecule has 4 rings (SSSR count). The Morgan fingerprint density at radius 1 is 0.886 bits per heavy atom. The quantitative estimate of drug-likeness (QED) is 0.287. The minimum atomic E-state index is -0.0604. The summed E-state index contributed by atoms with van der Waals surface area (Å²) in [6.07, 6.45) is 0. The monoisotopic (exact) mass is 531 g/mol. The molecule has 0 atom stereocenters. The SMILES string of the molecule is COCc1ccccc1-n1c(-c2ccc(Br)cc2)ccc1-c1ccc(C(=O)NCCN(C)C)cc1. The number of carbonyl (C=O) groups excluding carboxylic acids is 1. The van der Waals surface area contributed by atoms with Crippen LogP contribution in [0.2, 0.25) is 0 Å². The molecular formula is C29H30BrN3O2. The highest BCUT2D eigenvalue weighted by atomic mass is 79.9. The van der Waals surface area contributed by atoms with Gasteiger partial charge in [-0.3, -0.25) is 4.79 Å². The maximum Gasteiger partial charge on any atom is 0.251 e. The molecule has 0 aliphatic heterocycles. The first-order valence-electron chi connectivity index (χ1n) is 11.6. The van der Waals surface area contributed by atoms with Gasteiger partial charge in [-0.05, 0) is 67.7 Å². The van der Waals surface area contributed by atoms with Crippen LogP contribution in [0.3, 0.4) is 0 Å². The molecular weight excluding hydrogens is 502 g/mol. The van der Waals surface area contributed by atoms with Crippen molar-refractivity contribution >= 4 is 21.8 Å². The lowest BCUT2D eigenvalue weighted by Crippen LogP contribution is -2.31. The summed E-state index contributed by atoms with van der Waals surface area (Å²) in [5, 5.41) is 2.97. The van der Waals surface area contributed by atoms with Gasteiger partial charge in [-0.15, -0.1) is 0 Å². The molecule has 1 N–H and O–H groups in total. The molecule has 1 amide bonds. The molecule has 1 aromatic heterocycles. The lowest BCUT2D eigenvalue weighted by Gasteiger charge is -2.18. The topological polar surface area (TPSA) is 46.5 Å². The van der Waals surface area contributed by atoms with Crippen LogP contribution < -0.4 is 5.32 Å². The number of likely N-dealkylation sites (N-methyl/N-ethyl adjacent to an activating group) is 1. The van der Waals surface area contributed by atoms with Crippen molar-refractivity contribution in [3.63, 3.8) is 0 Å². The number of rotatable bonds is 9. The fourth-order valence-corrected chi connectivity index (χ4v) is 4.33. The van der Waals surface area contributed by atoms with Gasteiger partial charge in [0, 0.05) is 35.8 Å². The van der Waals surface area contributed by atoms with Crippen LogP contribution in [0.25, 0.3) is 28.2 Å². The third-order valence-electron chi connectivity index (χ3n) is 5.84. The highest BCUT2D eigenvalue weighted by Crippen LogP contribution is 2.34. The molecule has 1 heterocycles. The summed E-state index contributed by atoms with van der Waals surface area (Å²) in [5.74, 6) is -0.0604. The Morgan fingerprint density at radius 2 is 1.49 bits per heavy atom. The fourth-order valence-electron chi connectivity index (χ4n) is 4.06. The molecule has 0 aliphatic carbocycles. The fraction of sp³-hybridized carbons (Fsp3) is 0.207. The maximum absolute atomic E-state index is 12.5.